The largest absolute Gasteiger partial charge is 0.414 e. The molecule has 0 radical (unpaired) electrons. The van der Waals surface area contributed by atoms with Crippen LogP contribution in [-0.4, -0.2) is 43.8 Å². The van der Waals surface area contributed by atoms with Crippen LogP contribution in [0.5, 0.6) is 0 Å². The zero-order valence-electron chi connectivity index (χ0n) is 21.0. The molecular formula is C24H43N3O3Si. The van der Waals surface area contributed by atoms with Gasteiger partial charge < -0.3 is 14.5 Å². The summed E-state index contributed by atoms with van der Waals surface area (Å²) in [5, 5.41) is 8.35. The number of nitrogens with one attached hydrogen (secondary N) is 1. The molecule has 4 atom stereocenters. The average Bonchev–Trinajstić information content (AvgIpc) is 3.03. The number of amides is 1. The third-order valence-electron chi connectivity index (χ3n) is 7.33. The van der Waals surface area contributed by atoms with Crippen molar-refractivity contribution in [3.63, 3.8) is 0 Å². The van der Waals surface area contributed by atoms with Gasteiger partial charge in [-0.3, -0.25) is 4.79 Å². The normalized spacial score (nSPS) is 26.9. The number of nitrogens with zero attached hydrogens (tertiary/aromatic N) is 2. The molecule has 0 spiro atoms. The van der Waals surface area contributed by atoms with Crippen LogP contribution in [0.25, 0.3) is 0 Å². The number of carbonyl (C=O) groups excluding carboxylic acids is 1. The SMILES string of the molecule is COC[C@H]1C[C@@H]1C(=O)Nc1cc([C@H]2CC[C@@H](O[Si](C)(C)C(C)(C)C)C2)nn1C(C)(C)C. The second kappa shape index (κ2) is 8.63. The standard InChI is InChI=1S/C24H43N3O3Si/c1-23(2,3)27-21(25-22(28)19-13-17(19)15-29-7)14-20(26-27)16-10-11-18(12-16)30-31(8,9)24(4,5)6/h14,16-19H,10-13,15H2,1-9H3,(H,25,28)/t16-,17+,18+,19-/m0/s1. The average molecular weight is 450 g/mol. The molecule has 2 saturated carbocycles. The maximum Gasteiger partial charge on any atom is 0.229 e. The first-order valence-corrected chi connectivity index (χ1v) is 14.7. The minimum atomic E-state index is -1.77. The van der Waals surface area contributed by atoms with E-state index in [-0.39, 0.29) is 22.4 Å². The Morgan fingerprint density at radius 2 is 1.87 bits per heavy atom. The van der Waals surface area contributed by atoms with Crippen LogP contribution in [0.3, 0.4) is 0 Å². The van der Waals surface area contributed by atoms with E-state index >= 15 is 0 Å². The molecule has 7 heteroatoms. The van der Waals surface area contributed by atoms with Crippen LogP contribution in [0, 0.1) is 11.8 Å². The third kappa shape index (κ3) is 5.60. The van der Waals surface area contributed by atoms with Gasteiger partial charge in [0.1, 0.15) is 5.82 Å². The number of hydrogen-bond donors (Lipinski definition) is 1. The Morgan fingerprint density at radius 3 is 2.45 bits per heavy atom. The first kappa shape index (κ1) is 24.5. The summed E-state index contributed by atoms with van der Waals surface area (Å²) >= 11 is 0. The molecule has 2 fully saturated rings. The Hall–Kier alpha value is -1.18. The summed E-state index contributed by atoms with van der Waals surface area (Å²) in [5.41, 5.74) is 0.877. The summed E-state index contributed by atoms with van der Waals surface area (Å²) in [6.07, 6.45) is 4.41. The highest BCUT2D eigenvalue weighted by Crippen LogP contribution is 2.43. The maximum atomic E-state index is 12.7. The number of ether oxygens (including phenoxy) is 1. The highest BCUT2D eigenvalue weighted by atomic mass is 28.4. The molecule has 3 rings (SSSR count). The van der Waals surface area contributed by atoms with E-state index in [1.54, 1.807) is 7.11 Å². The van der Waals surface area contributed by atoms with Crippen molar-refractivity contribution in [2.75, 3.05) is 19.0 Å². The molecule has 2 aliphatic rings. The summed E-state index contributed by atoms with van der Waals surface area (Å²) in [4.78, 5) is 12.7. The molecule has 0 bridgehead atoms. The number of rotatable bonds is 7. The quantitative estimate of drug-likeness (QED) is 0.557. The van der Waals surface area contributed by atoms with Crippen LogP contribution in [0.4, 0.5) is 5.82 Å². The molecule has 1 amide bonds. The van der Waals surface area contributed by atoms with E-state index in [9.17, 15) is 4.79 Å². The number of methoxy groups -OCH3 is 1. The Balaban J connectivity index is 1.71. The first-order chi connectivity index (χ1) is 14.2. The fourth-order valence-corrected chi connectivity index (χ4v) is 5.70. The summed E-state index contributed by atoms with van der Waals surface area (Å²) in [7, 11) is -0.0775. The van der Waals surface area contributed by atoms with Gasteiger partial charge in [-0.15, -0.1) is 0 Å². The van der Waals surface area contributed by atoms with Gasteiger partial charge in [-0.2, -0.15) is 5.10 Å². The lowest BCUT2D eigenvalue weighted by molar-refractivity contribution is -0.117. The Morgan fingerprint density at radius 1 is 1.19 bits per heavy atom. The van der Waals surface area contributed by atoms with Crippen LogP contribution >= 0.6 is 0 Å². The van der Waals surface area contributed by atoms with Crippen molar-refractivity contribution in [3.05, 3.63) is 11.8 Å². The molecule has 176 valence electrons. The molecule has 1 aromatic heterocycles. The van der Waals surface area contributed by atoms with Gasteiger partial charge in [0.2, 0.25) is 5.91 Å². The van der Waals surface area contributed by atoms with E-state index in [0.717, 1.165) is 37.2 Å². The van der Waals surface area contributed by atoms with Gasteiger partial charge in [0.05, 0.1) is 11.2 Å². The minimum Gasteiger partial charge on any atom is -0.414 e. The first-order valence-electron chi connectivity index (χ1n) is 11.8. The Kier molecular flexibility index (Phi) is 6.81. The van der Waals surface area contributed by atoms with Crippen molar-refractivity contribution >= 4 is 20.0 Å². The van der Waals surface area contributed by atoms with Crippen molar-refractivity contribution in [1.29, 1.82) is 0 Å². The van der Waals surface area contributed by atoms with Crippen molar-refractivity contribution in [2.24, 2.45) is 11.8 Å². The molecular weight excluding hydrogens is 406 g/mol. The zero-order chi connectivity index (χ0) is 23.2. The Labute approximate surface area is 189 Å². The molecule has 0 unspecified atom stereocenters. The lowest BCUT2D eigenvalue weighted by Gasteiger charge is -2.38. The number of anilines is 1. The van der Waals surface area contributed by atoms with Crippen molar-refractivity contribution < 1.29 is 14.0 Å². The van der Waals surface area contributed by atoms with Crippen LogP contribution in [0.1, 0.15) is 78.8 Å². The fourth-order valence-electron chi connectivity index (χ4n) is 4.29. The predicted octanol–water partition coefficient (Wildman–Crippen LogP) is 5.52. The molecule has 6 nitrogen and oxygen atoms in total. The van der Waals surface area contributed by atoms with Crippen LogP contribution in [-0.2, 0) is 19.5 Å². The van der Waals surface area contributed by atoms with Gasteiger partial charge in [-0.1, -0.05) is 20.8 Å². The summed E-state index contributed by atoms with van der Waals surface area (Å²) < 4.78 is 13.9. The highest BCUT2D eigenvalue weighted by Gasteiger charge is 2.44. The van der Waals surface area contributed by atoms with E-state index in [4.69, 9.17) is 14.3 Å². The number of aromatic nitrogens is 2. The second-order valence-electron chi connectivity index (χ2n) is 12.1. The minimum absolute atomic E-state index is 0.0561. The van der Waals surface area contributed by atoms with Gasteiger partial charge in [-0.25, -0.2) is 4.68 Å². The number of carbonyl (C=O) groups is 1. The lowest BCUT2D eigenvalue weighted by atomic mass is 10.0. The van der Waals surface area contributed by atoms with Crippen LogP contribution in [0.2, 0.25) is 18.1 Å². The predicted molar refractivity (Wildman–Crippen MR) is 128 cm³/mol. The molecule has 31 heavy (non-hydrogen) atoms. The van der Waals surface area contributed by atoms with Crippen molar-refractivity contribution in [3.8, 4) is 0 Å². The molecule has 0 saturated heterocycles. The third-order valence-corrected chi connectivity index (χ3v) is 11.9. The lowest BCUT2D eigenvalue weighted by Crippen LogP contribution is -2.43. The van der Waals surface area contributed by atoms with E-state index in [0.29, 0.717) is 24.5 Å². The monoisotopic (exact) mass is 449 g/mol. The molecule has 0 aromatic carbocycles. The number of hydrogen-bond acceptors (Lipinski definition) is 4. The van der Waals surface area contributed by atoms with Gasteiger partial charge in [0, 0.05) is 37.7 Å². The summed E-state index contributed by atoms with van der Waals surface area (Å²) in [6.45, 7) is 18.6. The Bertz CT molecular complexity index is 791. The van der Waals surface area contributed by atoms with Crippen molar-refractivity contribution in [2.45, 2.75) is 103 Å². The van der Waals surface area contributed by atoms with Gasteiger partial charge in [0.15, 0.2) is 8.32 Å². The smallest absolute Gasteiger partial charge is 0.229 e. The molecule has 1 N–H and O–H groups in total. The molecule has 0 aliphatic heterocycles. The van der Waals surface area contributed by atoms with Crippen molar-refractivity contribution in [1.82, 2.24) is 9.78 Å². The maximum absolute atomic E-state index is 12.7. The molecule has 2 aliphatic carbocycles. The molecule has 1 heterocycles. The van der Waals surface area contributed by atoms with E-state index in [1.165, 1.54) is 0 Å². The summed E-state index contributed by atoms with van der Waals surface area (Å²) in [5.74, 6) is 1.68. The highest BCUT2D eigenvalue weighted by molar-refractivity contribution is 6.74. The van der Waals surface area contributed by atoms with E-state index in [2.05, 4.69) is 66.0 Å². The zero-order valence-corrected chi connectivity index (χ0v) is 22.0. The van der Waals surface area contributed by atoms with Crippen LogP contribution in [0.15, 0.2) is 6.07 Å². The second-order valence-corrected chi connectivity index (χ2v) is 16.9. The van der Waals surface area contributed by atoms with E-state index < -0.39 is 8.32 Å². The topological polar surface area (TPSA) is 65.4 Å². The van der Waals surface area contributed by atoms with Crippen LogP contribution < -0.4 is 5.32 Å². The van der Waals surface area contributed by atoms with E-state index in [1.807, 2.05) is 4.68 Å². The van der Waals surface area contributed by atoms with Gasteiger partial charge >= 0.3 is 0 Å². The fraction of sp³-hybridized carbons (Fsp3) is 0.833. The molecule has 1 aromatic rings. The van der Waals surface area contributed by atoms with Gasteiger partial charge in [0.25, 0.3) is 0 Å². The van der Waals surface area contributed by atoms with Gasteiger partial charge in [-0.05, 0) is 70.5 Å². The summed E-state index contributed by atoms with van der Waals surface area (Å²) in [6, 6.07) is 2.09.